The number of alkyl halides is 3. The lowest BCUT2D eigenvalue weighted by atomic mass is 10.1. The Labute approximate surface area is 163 Å². The van der Waals surface area contributed by atoms with Gasteiger partial charge in [0.25, 0.3) is 5.56 Å². The Hall–Kier alpha value is -2.55. The van der Waals surface area contributed by atoms with Crippen LogP contribution in [0, 0.1) is 5.92 Å². The molecule has 1 aliphatic rings. The molecule has 0 bridgehead atoms. The molecule has 1 aromatic heterocycles. The quantitative estimate of drug-likeness (QED) is 0.771. The van der Waals surface area contributed by atoms with E-state index < -0.39 is 17.3 Å². The lowest BCUT2D eigenvalue weighted by Gasteiger charge is -2.16. The number of benzene rings is 1. The smallest absolute Gasteiger partial charge is 0.416 e. The van der Waals surface area contributed by atoms with E-state index in [4.69, 9.17) is 16.3 Å². The minimum absolute atomic E-state index is 0.0418. The minimum Gasteiger partial charge on any atom is -0.469 e. The van der Waals surface area contributed by atoms with Crippen molar-refractivity contribution in [3.05, 3.63) is 51.4 Å². The maximum Gasteiger partial charge on any atom is 0.416 e. The van der Waals surface area contributed by atoms with Crippen molar-refractivity contribution in [1.29, 1.82) is 0 Å². The standard InChI is InChI=1S/C18H17ClF3N3O3/c1-28-17(27)10-5-6-12(7-10)24-14-9-23-25(16(26)15(14)19)13-4-2-3-11(8-13)18(20,21)22/h2-4,8-10,12,24H,5-7H2,1H3/t10-,12+/m0/s1. The molecule has 1 aromatic carbocycles. The normalized spacial score (nSPS) is 19.5. The van der Waals surface area contributed by atoms with Crippen molar-refractivity contribution in [2.24, 2.45) is 5.92 Å². The van der Waals surface area contributed by atoms with Crippen LogP contribution < -0.4 is 10.9 Å². The Morgan fingerprint density at radius 1 is 1.36 bits per heavy atom. The molecule has 1 aliphatic carbocycles. The summed E-state index contributed by atoms with van der Waals surface area (Å²) in [5.74, 6) is -0.506. The number of nitrogens with one attached hydrogen (secondary N) is 1. The Balaban J connectivity index is 1.83. The van der Waals surface area contributed by atoms with Crippen LogP contribution >= 0.6 is 11.6 Å². The highest BCUT2D eigenvalue weighted by atomic mass is 35.5. The predicted molar refractivity (Wildman–Crippen MR) is 96.6 cm³/mol. The lowest BCUT2D eigenvalue weighted by molar-refractivity contribution is -0.145. The molecule has 6 nitrogen and oxygen atoms in total. The predicted octanol–water partition coefficient (Wildman–Crippen LogP) is 3.66. The molecule has 2 aromatic rings. The second kappa shape index (κ2) is 7.83. The molecule has 1 heterocycles. The Morgan fingerprint density at radius 3 is 2.79 bits per heavy atom. The number of hydrogen-bond donors (Lipinski definition) is 1. The van der Waals surface area contributed by atoms with E-state index in [1.807, 2.05) is 0 Å². The first-order chi connectivity index (χ1) is 13.2. The van der Waals surface area contributed by atoms with Crippen molar-refractivity contribution in [1.82, 2.24) is 9.78 Å². The van der Waals surface area contributed by atoms with Crippen LogP contribution in [0.5, 0.6) is 0 Å². The van der Waals surface area contributed by atoms with Crippen molar-refractivity contribution in [3.63, 3.8) is 0 Å². The van der Waals surface area contributed by atoms with Gasteiger partial charge in [0.1, 0.15) is 5.02 Å². The molecule has 0 radical (unpaired) electrons. The fraction of sp³-hybridized carbons (Fsp3) is 0.389. The molecule has 0 saturated heterocycles. The van der Waals surface area contributed by atoms with Crippen molar-refractivity contribution >= 4 is 23.3 Å². The number of anilines is 1. The monoisotopic (exact) mass is 415 g/mol. The summed E-state index contributed by atoms with van der Waals surface area (Å²) in [4.78, 5) is 24.1. The van der Waals surface area contributed by atoms with Gasteiger partial charge in [-0.2, -0.15) is 23.0 Å². The van der Waals surface area contributed by atoms with E-state index in [-0.39, 0.29) is 34.3 Å². The Kier molecular flexibility index (Phi) is 5.64. The van der Waals surface area contributed by atoms with Gasteiger partial charge in [0.2, 0.25) is 0 Å². The van der Waals surface area contributed by atoms with Crippen LogP contribution in [-0.2, 0) is 15.7 Å². The van der Waals surface area contributed by atoms with E-state index in [1.54, 1.807) is 0 Å². The van der Waals surface area contributed by atoms with Crippen LogP contribution in [0.15, 0.2) is 35.3 Å². The molecule has 1 saturated carbocycles. The summed E-state index contributed by atoms with van der Waals surface area (Å²) in [7, 11) is 1.33. The molecule has 1 fully saturated rings. The number of nitrogens with zero attached hydrogens (tertiary/aromatic N) is 2. The van der Waals surface area contributed by atoms with Crippen molar-refractivity contribution in [3.8, 4) is 5.69 Å². The zero-order chi connectivity index (χ0) is 20.5. The average Bonchev–Trinajstić information content (AvgIpc) is 3.13. The molecule has 2 atom stereocenters. The molecule has 10 heteroatoms. The van der Waals surface area contributed by atoms with E-state index in [9.17, 15) is 22.8 Å². The molecule has 0 amide bonds. The van der Waals surface area contributed by atoms with Gasteiger partial charge in [-0.25, -0.2) is 0 Å². The van der Waals surface area contributed by atoms with Crippen molar-refractivity contribution in [2.45, 2.75) is 31.5 Å². The van der Waals surface area contributed by atoms with E-state index in [0.29, 0.717) is 19.3 Å². The fourth-order valence-corrected chi connectivity index (χ4v) is 3.43. The van der Waals surface area contributed by atoms with Crippen molar-refractivity contribution in [2.75, 3.05) is 12.4 Å². The number of methoxy groups -OCH3 is 1. The number of hydrogen-bond acceptors (Lipinski definition) is 5. The SMILES string of the molecule is COC(=O)[C@H]1CC[C@@H](Nc2cnn(-c3cccc(C(F)(F)F)c3)c(=O)c2Cl)C1. The van der Waals surface area contributed by atoms with Gasteiger partial charge in [-0.1, -0.05) is 17.7 Å². The fourth-order valence-electron chi connectivity index (χ4n) is 3.24. The summed E-state index contributed by atoms with van der Waals surface area (Å²) in [5.41, 5.74) is -1.41. The molecule has 0 spiro atoms. The van der Waals surface area contributed by atoms with Crippen LogP contribution in [-0.4, -0.2) is 28.9 Å². The number of ether oxygens (including phenoxy) is 1. The topological polar surface area (TPSA) is 73.2 Å². The lowest BCUT2D eigenvalue weighted by Crippen LogP contribution is -2.25. The number of carbonyl (C=O) groups is 1. The number of esters is 1. The zero-order valence-corrected chi connectivity index (χ0v) is 15.5. The van der Waals surface area contributed by atoms with Crippen LogP contribution in [0.2, 0.25) is 5.02 Å². The van der Waals surface area contributed by atoms with Crippen LogP contribution in [0.3, 0.4) is 0 Å². The van der Waals surface area contributed by atoms with Gasteiger partial charge in [0.15, 0.2) is 0 Å². The van der Waals surface area contributed by atoms with Gasteiger partial charge in [-0.05, 0) is 37.5 Å². The van der Waals surface area contributed by atoms with Crippen LogP contribution in [0.25, 0.3) is 5.69 Å². The second-order valence-electron chi connectivity index (χ2n) is 6.51. The summed E-state index contributed by atoms with van der Waals surface area (Å²) in [6.07, 6.45) is -1.39. The molecule has 0 aliphatic heterocycles. The third-order valence-electron chi connectivity index (χ3n) is 4.66. The number of rotatable bonds is 4. The summed E-state index contributed by atoms with van der Waals surface area (Å²) in [6, 6.07) is 4.18. The van der Waals surface area contributed by atoms with Crippen LogP contribution in [0.1, 0.15) is 24.8 Å². The van der Waals surface area contributed by atoms with Gasteiger partial charge in [-0.3, -0.25) is 9.59 Å². The molecule has 28 heavy (non-hydrogen) atoms. The summed E-state index contributed by atoms with van der Waals surface area (Å²) < 4.78 is 44.2. The maximum atomic E-state index is 12.9. The summed E-state index contributed by atoms with van der Waals surface area (Å²) in [5, 5.41) is 6.83. The van der Waals surface area contributed by atoms with Crippen molar-refractivity contribution < 1.29 is 22.7 Å². The molecule has 3 rings (SSSR count). The zero-order valence-electron chi connectivity index (χ0n) is 14.8. The largest absolute Gasteiger partial charge is 0.469 e. The highest BCUT2D eigenvalue weighted by Gasteiger charge is 2.32. The van der Waals surface area contributed by atoms with E-state index in [1.165, 1.54) is 25.4 Å². The Bertz CT molecular complexity index is 946. The van der Waals surface area contributed by atoms with E-state index in [2.05, 4.69) is 10.4 Å². The van der Waals surface area contributed by atoms with E-state index in [0.717, 1.165) is 16.8 Å². The van der Waals surface area contributed by atoms with Gasteiger partial charge >= 0.3 is 12.1 Å². The molecule has 1 N–H and O–H groups in total. The molecule has 0 unspecified atom stereocenters. The average molecular weight is 416 g/mol. The van der Waals surface area contributed by atoms with Gasteiger partial charge < -0.3 is 10.1 Å². The first-order valence-electron chi connectivity index (χ1n) is 8.50. The first kappa shape index (κ1) is 20.2. The highest BCUT2D eigenvalue weighted by Crippen LogP contribution is 2.31. The summed E-state index contributed by atoms with van der Waals surface area (Å²) >= 11 is 6.13. The number of aromatic nitrogens is 2. The second-order valence-corrected chi connectivity index (χ2v) is 6.89. The third-order valence-corrected chi connectivity index (χ3v) is 5.03. The summed E-state index contributed by atoms with van der Waals surface area (Å²) in [6.45, 7) is 0. The number of halogens is 4. The minimum atomic E-state index is -4.54. The highest BCUT2D eigenvalue weighted by molar-refractivity contribution is 6.33. The molecular weight excluding hydrogens is 399 g/mol. The molecule has 150 valence electrons. The Morgan fingerprint density at radius 2 is 2.11 bits per heavy atom. The van der Waals surface area contributed by atoms with Gasteiger partial charge in [0.05, 0.1) is 36.2 Å². The number of carbonyl (C=O) groups excluding carboxylic acids is 1. The van der Waals surface area contributed by atoms with E-state index >= 15 is 0 Å². The van der Waals surface area contributed by atoms with Gasteiger partial charge in [-0.15, -0.1) is 0 Å². The molecular formula is C18H17ClF3N3O3. The van der Waals surface area contributed by atoms with Gasteiger partial charge in [0, 0.05) is 6.04 Å². The first-order valence-corrected chi connectivity index (χ1v) is 8.88. The third kappa shape index (κ3) is 4.14. The maximum absolute atomic E-state index is 12.9. The van der Waals surface area contributed by atoms with Crippen LogP contribution in [0.4, 0.5) is 18.9 Å².